The summed E-state index contributed by atoms with van der Waals surface area (Å²) in [4.78, 5) is 13.0. The third-order valence-corrected chi connectivity index (χ3v) is 7.74. The van der Waals surface area contributed by atoms with Crippen molar-refractivity contribution < 1.29 is 13.2 Å². The Morgan fingerprint density at radius 2 is 1.72 bits per heavy atom. The molecular weight excluding hydrogens is 408 g/mol. The summed E-state index contributed by atoms with van der Waals surface area (Å²) in [7, 11) is -3.81. The number of halogens is 1. The Morgan fingerprint density at radius 1 is 1.07 bits per heavy atom. The molecule has 1 saturated carbocycles. The molecule has 1 aliphatic carbocycles. The van der Waals surface area contributed by atoms with Gasteiger partial charge in [-0.25, -0.2) is 8.42 Å². The monoisotopic (exact) mass is 434 g/mol. The van der Waals surface area contributed by atoms with E-state index >= 15 is 0 Å². The van der Waals surface area contributed by atoms with Crippen LogP contribution in [0.4, 0.5) is 5.69 Å². The molecule has 156 valence electrons. The second-order valence-electron chi connectivity index (χ2n) is 7.59. The Morgan fingerprint density at radius 3 is 2.38 bits per heavy atom. The normalized spacial score (nSPS) is 15.4. The van der Waals surface area contributed by atoms with Gasteiger partial charge < -0.3 is 5.32 Å². The summed E-state index contributed by atoms with van der Waals surface area (Å²) in [6, 6.07) is 11.6. The highest BCUT2D eigenvalue weighted by Gasteiger charge is 2.34. The predicted octanol–water partition coefficient (Wildman–Crippen LogP) is 4.92. The van der Waals surface area contributed by atoms with Crippen molar-refractivity contribution >= 4 is 33.2 Å². The minimum Gasteiger partial charge on any atom is -0.325 e. The summed E-state index contributed by atoms with van der Waals surface area (Å²) in [6.45, 7) is 3.71. The van der Waals surface area contributed by atoms with Gasteiger partial charge in [-0.3, -0.25) is 4.79 Å². The van der Waals surface area contributed by atoms with E-state index < -0.39 is 10.0 Å². The van der Waals surface area contributed by atoms with E-state index in [4.69, 9.17) is 11.6 Å². The van der Waals surface area contributed by atoms with Gasteiger partial charge in [0.05, 0.1) is 11.4 Å². The maximum atomic E-state index is 13.4. The quantitative estimate of drug-likeness (QED) is 0.701. The molecule has 7 heteroatoms. The van der Waals surface area contributed by atoms with Gasteiger partial charge in [0.25, 0.3) is 0 Å². The first-order valence-corrected chi connectivity index (χ1v) is 11.7. The number of rotatable bonds is 6. The third-order valence-electron chi connectivity index (χ3n) is 5.58. The van der Waals surface area contributed by atoms with Crippen LogP contribution in [-0.2, 0) is 14.8 Å². The number of carbonyl (C=O) groups excluding carboxylic acids is 1. The SMILES string of the molecule is Cc1cccc(NC(=O)CN(C2CCCCC2)S(=O)(=O)c2ccc(Cl)cc2)c1C. The van der Waals surface area contributed by atoms with Gasteiger partial charge in [0.1, 0.15) is 0 Å². The molecule has 0 saturated heterocycles. The van der Waals surface area contributed by atoms with Crippen molar-refractivity contribution in [1.82, 2.24) is 4.31 Å². The molecule has 0 aromatic heterocycles. The lowest BCUT2D eigenvalue weighted by Crippen LogP contribution is -2.45. The molecule has 1 aliphatic rings. The van der Waals surface area contributed by atoms with Crippen LogP contribution in [0.25, 0.3) is 0 Å². The van der Waals surface area contributed by atoms with Gasteiger partial charge in [-0.1, -0.05) is 43.0 Å². The largest absolute Gasteiger partial charge is 0.325 e. The zero-order chi connectivity index (χ0) is 21.0. The van der Waals surface area contributed by atoms with Crippen molar-refractivity contribution in [3.8, 4) is 0 Å². The molecule has 1 fully saturated rings. The van der Waals surface area contributed by atoms with E-state index in [0.717, 1.165) is 43.2 Å². The number of carbonyl (C=O) groups is 1. The van der Waals surface area contributed by atoms with Crippen molar-refractivity contribution in [3.05, 3.63) is 58.6 Å². The average molecular weight is 435 g/mol. The van der Waals surface area contributed by atoms with E-state index in [1.54, 1.807) is 12.1 Å². The maximum Gasteiger partial charge on any atom is 0.243 e. The minimum atomic E-state index is -3.81. The standard InChI is InChI=1S/C22H27ClN2O3S/c1-16-7-6-10-21(17(16)2)24-22(26)15-25(19-8-4-3-5-9-19)29(27,28)20-13-11-18(23)12-14-20/h6-7,10-14,19H,3-5,8-9,15H2,1-2H3,(H,24,26). The number of amides is 1. The van der Waals surface area contributed by atoms with Gasteiger partial charge in [0, 0.05) is 16.8 Å². The van der Waals surface area contributed by atoms with Crippen LogP contribution in [0.5, 0.6) is 0 Å². The van der Waals surface area contributed by atoms with Crippen LogP contribution >= 0.6 is 11.6 Å². The number of sulfonamides is 1. The van der Waals surface area contributed by atoms with E-state index in [0.29, 0.717) is 10.7 Å². The van der Waals surface area contributed by atoms with Gasteiger partial charge in [-0.15, -0.1) is 0 Å². The maximum absolute atomic E-state index is 13.4. The van der Waals surface area contributed by atoms with Crippen molar-refractivity contribution in [1.29, 1.82) is 0 Å². The lowest BCUT2D eigenvalue weighted by molar-refractivity contribution is -0.116. The molecule has 0 radical (unpaired) electrons. The molecule has 3 rings (SSSR count). The molecule has 0 unspecified atom stereocenters. The summed E-state index contributed by atoms with van der Waals surface area (Å²) in [6.07, 6.45) is 4.57. The average Bonchev–Trinajstić information content (AvgIpc) is 2.70. The molecule has 29 heavy (non-hydrogen) atoms. The second-order valence-corrected chi connectivity index (χ2v) is 9.92. The van der Waals surface area contributed by atoms with Gasteiger partial charge in [-0.05, 0) is 68.1 Å². The molecule has 0 atom stereocenters. The Bertz CT molecular complexity index is 968. The Balaban J connectivity index is 1.86. The number of anilines is 1. The molecule has 2 aromatic rings. The predicted molar refractivity (Wildman–Crippen MR) is 117 cm³/mol. The fourth-order valence-corrected chi connectivity index (χ4v) is 5.51. The van der Waals surface area contributed by atoms with E-state index in [-0.39, 0.29) is 23.4 Å². The van der Waals surface area contributed by atoms with Crippen LogP contribution in [0.15, 0.2) is 47.4 Å². The minimum absolute atomic E-state index is 0.159. The Hall–Kier alpha value is -1.89. The Kier molecular flexibility index (Phi) is 6.98. The molecule has 0 bridgehead atoms. The first kappa shape index (κ1) is 21.8. The first-order chi connectivity index (χ1) is 13.8. The molecule has 0 aliphatic heterocycles. The summed E-state index contributed by atoms with van der Waals surface area (Å²) in [5, 5.41) is 3.36. The second kappa shape index (κ2) is 9.28. The lowest BCUT2D eigenvalue weighted by atomic mass is 9.95. The highest BCUT2D eigenvalue weighted by molar-refractivity contribution is 7.89. The molecule has 0 heterocycles. The van der Waals surface area contributed by atoms with Crippen LogP contribution in [0.3, 0.4) is 0 Å². The zero-order valence-electron chi connectivity index (χ0n) is 16.8. The van der Waals surface area contributed by atoms with Crippen LogP contribution in [0.1, 0.15) is 43.2 Å². The topological polar surface area (TPSA) is 66.5 Å². The molecule has 1 N–H and O–H groups in total. The fraction of sp³-hybridized carbons (Fsp3) is 0.409. The van der Waals surface area contributed by atoms with Gasteiger partial charge in [0.2, 0.25) is 15.9 Å². The van der Waals surface area contributed by atoms with Crippen molar-refractivity contribution in [2.75, 3.05) is 11.9 Å². The number of aryl methyl sites for hydroxylation is 1. The fourth-order valence-electron chi connectivity index (χ4n) is 3.74. The summed E-state index contributed by atoms with van der Waals surface area (Å²) >= 11 is 5.92. The van der Waals surface area contributed by atoms with E-state index in [1.165, 1.54) is 16.4 Å². The Labute approximate surface area is 178 Å². The number of nitrogens with zero attached hydrogens (tertiary/aromatic N) is 1. The summed E-state index contributed by atoms with van der Waals surface area (Å²) in [5.41, 5.74) is 2.76. The molecule has 5 nitrogen and oxygen atoms in total. The van der Waals surface area contributed by atoms with Gasteiger partial charge >= 0.3 is 0 Å². The van der Waals surface area contributed by atoms with Crippen LogP contribution in [0, 0.1) is 13.8 Å². The summed E-state index contributed by atoms with van der Waals surface area (Å²) in [5.74, 6) is -0.332. The molecular formula is C22H27ClN2O3S. The van der Waals surface area contributed by atoms with E-state index in [1.807, 2.05) is 32.0 Å². The number of hydrogen-bond acceptors (Lipinski definition) is 3. The van der Waals surface area contributed by atoms with Crippen LogP contribution < -0.4 is 5.32 Å². The molecule has 0 spiro atoms. The van der Waals surface area contributed by atoms with Crippen LogP contribution in [0.2, 0.25) is 5.02 Å². The van der Waals surface area contributed by atoms with Crippen LogP contribution in [-0.4, -0.2) is 31.2 Å². The third kappa shape index (κ3) is 5.18. The number of benzene rings is 2. The van der Waals surface area contributed by atoms with Gasteiger partial charge in [-0.2, -0.15) is 4.31 Å². The lowest BCUT2D eigenvalue weighted by Gasteiger charge is -2.33. The van der Waals surface area contributed by atoms with E-state index in [9.17, 15) is 13.2 Å². The van der Waals surface area contributed by atoms with Crippen molar-refractivity contribution in [2.24, 2.45) is 0 Å². The molecule has 1 amide bonds. The van der Waals surface area contributed by atoms with Gasteiger partial charge in [0.15, 0.2) is 0 Å². The smallest absolute Gasteiger partial charge is 0.243 e. The number of hydrogen-bond donors (Lipinski definition) is 1. The molecule has 2 aromatic carbocycles. The van der Waals surface area contributed by atoms with Crippen molar-refractivity contribution in [3.63, 3.8) is 0 Å². The zero-order valence-corrected chi connectivity index (χ0v) is 18.4. The van der Waals surface area contributed by atoms with E-state index in [2.05, 4.69) is 5.32 Å². The summed E-state index contributed by atoms with van der Waals surface area (Å²) < 4.78 is 28.1. The first-order valence-electron chi connectivity index (χ1n) is 9.92. The highest BCUT2D eigenvalue weighted by Crippen LogP contribution is 2.28. The van der Waals surface area contributed by atoms with Crippen molar-refractivity contribution in [2.45, 2.75) is 56.9 Å². The highest BCUT2D eigenvalue weighted by atomic mass is 35.5. The number of nitrogens with one attached hydrogen (secondary N) is 1.